The summed E-state index contributed by atoms with van der Waals surface area (Å²) in [4.78, 5) is 0.995. The lowest BCUT2D eigenvalue weighted by Crippen LogP contribution is -2.30. The summed E-state index contributed by atoms with van der Waals surface area (Å²) in [5.41, 5.74) is 7.60. The summed E-state index contributed by atoms with van der Waals surface area (Å²) in [6, 6.07) is 7.54. The summed E-state index contributed by atoms with van der Waals surface area (Å²) in [6.07, 6.45) is 3.05. The summed E-state index contributed by atoms with van der Waals surface area (Å²) < 4.78 is 13.0. The maximum Gasteiger partial charge on any atom is 0.110 e. The standard InChI is InChI=1S/C14H23FN4S/c1-18-7-6-12(16)10-19-13(9-15)8-11-2-4-14(20-17)5-3-11/h2-5,10,13,18-19H,6-9,16-17H2,1H3/b12-10-/t13-/m0/s1. The molecule has 0 heterocycles. The molecule has 1 aromatic carbocycles. The maximum absolute atomic E-state index is 13.0. The molecule has 0 amide bonds. The van der Waals surface area contributed by atoms with Gasteiger partial charge >= 0.3 is 0 Å². The van der Waals surface area contributed by atoms with Crippen LogP contribution >= 0.6 is 11.9 Å². The van der Waals surface area contributed by atoms with Crippen molar-refractivity contribution in [3.8, 4) is 0 Å². The predicted octanol–water partition coefficient (Wildman–Crippen LogP) is 1.53. The highest BCUT2D eigenvalue weighted by Gasteiger charge is 2.07. The lowest BCUT2D eigenvalue weighted by molar-refractivity contribution is 0.397. The maximum atomic E-state index is 13.0. The molecule has 0 aromatic heterocycles. The first-order chi connectivity index (χ1) is 9.69. The topological polar surface area (TPSA) is 76.1 Å². The predicted molar refractivity (Wildman–Crippen MR) is 83.9 cm³/mol. The first-order valence-corrected chi connectivity index (χ1v) is 7.44. The van der Waals surface area contributed by atoms with Crippen LogP contribution in [-0.4, -0.2) is 26.3 Å². The fourth-order valence-corrected chi connectivity index (χ4v) is 2.01. The van der Waals surface area contributed by atoms with Crippen molar-refractivity contribution in [2.75, 3.05) is 20.3 Å². The minimum atomic E-state index is -0.441. The van der Waals surface area contributed by atoms with Crippen LogP contribution in [0.15, 0.2) is 41.1 Å². The minimum absolute atomic E-state index is 0.264. The summed E-state index contributed by atoms with van der Waals surface area (Å²) in [7, 11) is 1.87. The second-order valence-corrected chi connectivity index (χ2v) is 5.26. The Hall–Kier alpha value is -1.24. The summed E-state index contributed by atoms with van der Waals surface area (Å²) in [5, 5.41) is 11.5. The van der Waals surface area contributed by atoms with Gasteiger partial charge in [0, 0.05) is 29.8 Å². The Morgan fingerprint density at radius 3 is 2.65 bits per heavy atom. The van der Waals surface area contributed by atoms with Gasteiger partial charge in [-0.1, -0.05) is 12.1 Å². The van der Waals surface area contributed by atoms with Crippen LogP contribution in [0.4, 0.5) is 4.39 Å². The van der Waals surface area contributed by atoms with Gasteiger partial charge in [0.2, 0.25) is 0 Å². The second-order valence-electron chi connectivity index (χ2n) is 4.56. The van der Waals surface area contributed by atoms with Gasteiger partial charge in [-0.3, -0.25) is 5.14 Å². The van der Waals surface area contributed by atoms with Crippen LogP contribution in [0.1, 0.15) is 12.0 Å². The lowest BCUT2D eigenvalue weighted by atomic mass is 10.1. The van der Waals surface area contributed by atoms with Crippen LogP contribution in [0.2, 0.25) is 0 Å². The number of nitrogens with two attached hydrogens (primary N) is 2. The van der Waals surface area contributed by atoms with E-state index in [2.05, 4.69) is 10.6 Å². The number of halogens is 1. The summed E-state index contributed by atoms with van der Waals surface area (Å²) >= 11 is 1.20. The molecule has 0 aliphatic carbocycles. The second kappa shape index (κ2) is 9.63. The molecule has 1 aromatic rings. The Balaban J connectivity index is 2.49. The summed E-state index contributed by atoms with van der Waals surface area (Å²) in [5.74, 6) is 0. The number of benzene rings is 1. The molecular weight excluding hydrogens is 275 g/mol. The molecule has 0 unspecified atom stereocenters. The average molecular weight is 298 g/mol. The van der Waals surface area contributed by atoms with E-state index in [4.69, 9.17) is 10.9 Å². The van der Waals surface area contributed by atoms with Gasteiger partial charge in [-0.15, -0.1) is 0 Å². The van der Waals surface area contributed by atoms with Gasteiger partial charge in [-0.25, -0.2) is 4.39 Å². The average Bonchev–Trinajstić information content (AvgIpc) is 2.49. The largest absolute Gasteiger partial charge is 0.401 e. The molecule has 0 bridgehead atoms. The number of alkyl halides is 1. The highest BCUT2D eigenvalue weighted by atomic mass is 32.2. The van der Waals surface area contributed by atoms with Gasteiger partial charge in [0.1, 0.15) is 6.67 Å². The third kappa shape index (κ3) is 6.27. The number of nitrogens with one attached hydrogen (secondary N) is 2. The zero-order valence-electron chi connectivity index (χ0n) is 11.7. The SMILES string of the molecule is CNCC/C(N)=C/N[C@H](CF)Cc1ccc(SN)cc1. The molecule has 0 fully saturated rings. The molecule has 0 spiro atoms. The van der Waals surface area contributed by atoms with E-state index in [0.29, 0.717) is 12.1 Å². The zero-order valence-corrected chi connectivity index (χ0v) is 12.5. The van der Waals surface area contributed by atoms with Crippen LogP contribution in [0, 0.1) is 0 Å². The van der Waals surface area contributed by atoms with E-state index in [-0.39, 0.29) is 6.04 Å². The molecule has 0 aliphatic heterocycles. The Kier molecular flexibility index (Phi) is 8.10. The van der Waals surface area contributed by atoms with E-state index in [0.717, 1.165) is 23.4 Å². The highest BCUT2D eigenvalue weighted by Crippen LogP contribution is 2.13. The lowest BCUT2D eigenvalue weighted by Gasteiger charge is -2.15. The molecule has 20 heavy (non-hydrogen) atoms. The van der Waals surface area contributed by atoms with Crippen molar-refractivity contribution in [1.29, 1.82) is 0 Å². The Labute approximate surface area is 124 Å². The summed E-state index contributed by atoms with van der Waals surface area (Å²) in [6.45, 7) is 0.367. The molecule has 1 rings (SSSR count). The molecule has 6 N–H and O–H groups in total. The minimum Gasteiger partial charge on any atom is -0.401 e. The monoisotopic (exact) mass is 298 g/mol. The molecule has 0 aliphatic rings. The van der Waals surface area contributed by atoms with Gasteiger partial charge in [0.15, 0.2) is 0 Å². The van der Waals surface area contributed by atoms with Gasteiger partial charge < -0.3 is 16.4 Å². The van der Waals surface area contributed by atoms with Gasteiger partial charge in [0.25, 0.3) is 0 Å². The van der Waals surface area contributed by atoms with Gasteiger partial charge in [0.05, 0.1) is 6.04 Å². The van der Waals surface area contributed by atoms with Crippen LogP contribution in [0.3, 0.4) is 0 Å². The van der Waals surface area contributed by atoms with E-state index < -0.39 is 6.67 Å². The van der Waals surface area contributed by atoms with Gasteiger partial charge in [-0.2, -0.15) is 0 Å². The zero-order chi connectivity index (χ0) is 14.8. The van der Waals surface area contributed by atoms with E-state index in [1.165, 1.54) is 11.9 Å². The Morgan fingerprint density at radius 2 is 2.10 bits per heavy atom. The first-order valence-electron chi connectivity index (χ1n) is 6.56. The molecule has 6 heteroatoms. The first kappa shape index (κ1) is 16.8. The van der Waals surface area contributed by atoms with E-state index in [1.54, 1.807) is 6.20 Å². The van der Waals surface area contributed by atoms with Crippen molar-refractivity contribution in [3.05, 3.63) is 41.7 Å². The quantitative estimate of drug-likeness (QED) is 0.520. The highest BCUT2D eigenvalue weighted by molar-refractivity contribution is 7.97. The third-order valence-corrected chi connectivity index (χ3v) is 3.44. The Bertz CT molecular complexity index is 408. The third-order valence-electron chi connectivity index (χ3n) is 2.90. The van der Waals surface area contributed by atoms with Crippen molar-refractivity contribution in [3.63, 3.8) is 0 Å². The molecule has 112 valence electrons. The van der Waals surface area contributed by atoms with Gasteiger partial charge in [-0.05, 0) is 43.1 Å². The molecule has 0 saturated heterocycles. The van der Waals surface area contributed by atoms with E-state index >= 15 is 0 Å². The fourth-order valence-electron chi connectivity index (χ4n) is 1.71. The molecule has 0 radical (unpaired) electrons. The number of rotatable bonds is 9. The van der Waals surface area contributed by atoms with Crippen molar-refractivity contribution < 1.29 is 4.39 Å². The van der Waals surface area contributed by atoms with Crippen LogP contribution in [-0.2, 0) is 6.42 Å². The number of hydrogen-bond acceptors (Lipinski definition) is 5. The van der Waals surface area contributed by atoms with Crippen LogP contribution < -0.4 is 21.5 Å². The van der Waals surface area contributed by atoms with Crippen LogP contribution in [0.5, 0.6) is 0 Å². The van der Waals surface area contributed by atoms with E-state index in [9.17, 15) is 4.39 Å². The number of hydrogen-bond donors (Lipinski definition) is 4. The normalized spacial score (nSPS) is 13.2. The van der Waals surface area contributed by atoms with Crippen molar-refractivity contribution in [2.45, 2.75) is 23.8 Å². The van der Waals surface area contributed by atoms with E-state index in [1.807, 2.05) is 31.3 Å². The molecule has 1 atom stereocenters. The molecular formula is C14H23FN4S. The smallest absolute Gasteiger partial charge is 0.110 e. The van der Waals surface area contributed by atoms with Crippen molar-refractivity contribution >= 4 is 11.9 Å². The Morgan fingerprint density at radius 1 is 1.40 bits per heavy atom. The van der Waals surface area contributed by atoms with Crippen molar-refractivity contribution in [2.24, 2.45) is 10.9 Å². The van der Waals surface area contributed by atoms with Crippen molar-refractivity contribution in [1.82, 2.24) is 10.6 Å². The van der Waals surface area contributed by atoms with Crippen LogP contribution in [0.25, 0.3) is 0 Å². The molecule has 4 nitrogen and oxygen atoms in total. The fraction of sp³-hybridized carbons (Fsp3) is 0.429. The molecule has 0 saturated carbocycles.